The van der Waals surface area contributed by atoms with Crippen molar-refractivity contribution in [3.05, 3.63) is 0 Å². The molecule has 0 aromatic heterocycles. The molecule has 0 bridgehead atoms. The van der Waals surface area contributed by atoms with Gasteiger partial charge in [-0.15, -0.1) is 0 Å². The second-order valence-electron chi connectivity index (χ2n) is 3.10. The molecule has 11 heavy (non-hydrogen) atoms. The Morgan fingerprint density at radius 2 is 2.09 bits per heavy atom. The van der Waals surface area contributed by atoms with Gasteiger partial charge in [-0.3, -0.25) is 4.79 Å². The van der Waals surface area contributed by atoms with Crippen LogP contribution in [0.15, 0.2) is 0 Å². The van der Waals surface area contributed by atoms with Crippen LogP contribution in [0.4, 0.5) is 0 Å². The van der Waals surface area contributed by atoms with Crippen molar-refractivity contribution in [3.8, 4) is 0 Å². The average Bonchev–Trinajstić information content (AvgIpc) is 2.07. The van der Waals surface area contributed by atoms with E-state index in [2.05, 4.69) is 6.92 Å². The first-order valence-corrected chi connectivity index (χ1v) is 4.45. The largest absolute Gasteiger partial charge is 0.381 e. The summed E-state index contributed by atoms with van der Waals surface area (Å²) in [6.45, 7) is 3.61. The Morgan fingerprint density at radius 1 is 1.45 bits per heavy atom. The van der Waals surface area contributed by atoms with Crippen molar-refractivity contribution in [2.24, 2.45) is 5.92 Å². The second kappa shape index (κ2) is 4.50. The van der Waals surface area contributed by atoms with E-state index >= 15 is 0 Å². The fraction of sp³-hybridized carbons (Fsp3) is 0.889. The van der Waals surface area contributed by atoms with E-state index in [4.69, 9.17) is 4.74 Å². The highest BCUT2D eigenvalue weighted by Crippen LogP contribution is 2.17. The van der Waals surface area contributed by atoms with Crippen molar-refractivity contribution in [3.63, 3.8) is 0 Å². The van der Waals surface area contributed by atoms with Crippen molar-refractivity contribution < 1.29 is 9.53 Å². The van der Waals surface area contributed by atoms with Crippen LogP contribution in [0.1, 0.15) is 32.6 Å². The molecule has 0 saturated carbocycles. The fourth-order valence-corrected chi connectivity index (χ4v) is 1.47. The van der Waals surface area contributed by atoms with Gasteiger partial charge < -0.3 is 4.74 Å². The van der Waals surface area contributed by atoms with Crippen LogP contribution in [0.5, 0.6) is 0 Å². The Balaban J connectivity index is 2.27. The smallest absolute Gasteiger partial charge is 0.136 e. The standard InChI is InChI=1S/C9H16O2/c1-2-3-9(10)8-4-6-11-7-5-8/h8H,2-7H2,1H3. The SMILES string of the molecule is CCCC(=O)C1CCOCC1. The summed E-state index contributed by atoms with van der Waals surface area (Å²) >= 11 is 0. The monoisotopic (exact) mass is 156 g/mol. The minimum atomic E-state index is 0.309. The summed E-state index contributed by atoms with van der Waals surface area (Å²) in [5.74, 6) is 0.750. The molecule has 0 amide bonds. The van der Waals surface area contributed by atoms with E-state index in [9.17, 15) is 4.79 Å². The molecule has 0 radical (unpaired) electrons. The topological polar surface area (TPSA) is 26.3 Å². The lowest BCUT2D eigenvalue weighted by Gasteiger charge is -2.20. The first kappa shape index (κ1) is 8.72. The molecule has 2 heteroatoms. The average molecular weight is 156 g/mol. The molecule has 64 valence electrons. The van der Waals surface area contributed by atoms with Crippen molar-refractivity contribution in [2.75, 3.05) is 13.2 Å². The maximum absolute atomic E-state index is 11.3. The summed E-state index contributed by atoms with van der Waals surface area (Å²) in [6, 6.07) is 0. The Kier molecular flexibility index (Phi) is 3.57. The second-order valence-corrected chi connectivity index (χ2v) is 3.10. The van der Waals surface area contributed by atoms with Crippen molar-refractivity contribution in [2.45, 2.75) is 32.6 Å². The third kappa shape index (κ3) is 2.62. The quantitative estimate of drug-likeness (QED) is 0.622. The molecule has 1 rings (SSSR count). The number of ether oxygens (including phenoxy) is 1. The molecular weight excluding hydrogens is 140 g/mol. The molecule has 1 aliphatic heterocycles. The zero-order valence-corrected chi connectivity index (χ0v) is 7.14. The van der Waals surface area contributed by atoms with E-state index in [0.717, 1.165) is 38.9 Å². The number of hydrogen-bond acceptors (Lipinski definition) is 2. The van der Waals surface area contributed by atoms with Gasteiger partial charge in [0.25, 0.3) is 0 Å². The summed E-state index contributed by atoms with van der Waals surface area (Å²) in [7, 11) is 0. The third-order valence-corrected chi connectivity index (χ3v) is 2.17. The molecule has 0 aliphatic carbocycles. The maximum atomic E-state index is 11.3. The lowest BCUT2D eigenvalue weighted by atomic mass is 9.93. The van der Waals surface area contributed by atoms with Crippen LogP contribution in [0, 0.1) is 5.92 Å². The van der Waals surface area contributed by atoms with Crippen LogP contribution in [0.25, 0.3) is 0 Å². The number of carbonyl (C=O) groups excluding carboxylic acids is 1. The summed E-state index contributed by atoms with van der Waals surface area (Å²) in [5.41, 5.74) is 0. The lowest BCUT2D eigenvalue weighted by Crippen LogP contribution is -2.23. The van der Waals surface area contributed by atoms with Gasteiger partial charge in [0.2, 0.25) is 0 Å². The Bertz CT molecular complexity index is 126. The summed E-state index contributed by atoms with van der Waals surface area (Å²) in [6.07, 6.45) is 3.62. The van der Waals surface area contributed by atoms with E-state index in [-0.39, 0.29) is 0 Å². The Morgan fingerprint density at radius 3 is 2.64 bits per heavy atom. The molecule has 2 nitrogen and oxygen atoms in total. The van der Waals surface area contributed by atoms with E-state index in [1.807, 2.05) is 0 Å². The van der Waals surface area contributed by atoms with Crippen LogP contribution in [0.2, 0.25) is 0 Å². The first-order chi connectivity index (χ1) is 5.34. The Hall–Kier alpha value is -0.370. The fourth-order valence-electron chi connectivity index (χ4n) is 1.47. The van der Waals surface area contributed by atoms with Crippen LogP contribution in [-0.2, 0) is 9.53 Å². The van der Waals surface area contributed by atoms with Crippen LogP contribution in [0.3, 0.4) is 0 Å². The van der Waals surface area contributed by atoms with Gasteiger partial charge in [0.1, 0.15) is 5.78 Å². The molecular formula is C9H16O2. The van der Waals surface area contributed by atoms with E-state index in [1.165, 1.54) is 0 Å². The van der Waals surface area contributed by atoms with E-state index in [1.54, 1.807) is 0 Å². The summed E-state index contributed by atoms with van der Waals surface area (Å²) < 4.78 is 5.18. The van der Waals surface area contributed by atoms with Gasteiger partial charge in [-0.05, 0) is 19.3 Å². The lowest BCUT2D eigenvalue weighted by molar-refractivity contribution is -0.125. The first-order valence-electron chi connectivity index (χ1n) is 4.45. The predicted octanol–water partition coefficient (Wildman–Crippen LogP) is 1.78. The van der Waals surface area contributed by atoms with Crippen LogP contribution in [-0.4, -0.2) is 19.0 Å². The number of Topliss-reactive ketones (excluding diaryl/α,β-unsaturated/α-hetero) is 1. The number of carbonyl (C=O) groups is 1. The van der Waals surface area contributed by atoms with E-state index < -0.39 is 0 Å². The molecule has 0 aromatic rings. The highest BCUT2D eigenvalue weighted by atomic mass is 16.5. The van der Waals surface area contributed by atoms with Crippen molar-refractivity contribution in [1.82, 2.24) is 0 Å². The molecule has 0 N–H and O–H groups in total. The highest BCUT2D eigenvalue weighted by Gasteiger charge is 2.19. The van der Waals surface area contributed by atoms with Gasteiger partial charge >= 0.3 is 0 Å². The molecule has 1 heterocycles. The molecule has 0 spiro atoms. The minimum Gasteiger partial charge on any atom is -0.381 e. The van der Waals surface area contributed by atoms with Gasteiger partial charge in [0.05, 0.1) is 0 Å². The van der Waals surface area contributed by atoms with Crippen molar-refractivity contribution in [1.29, 1.82) is 0 Å². The van der Waals surface area contributed by atoms with Gasteiger partial charge in [0.15, 0.2) is 0 Å². The normalized spacial score (nSPS) is 20.1. The number of ketones is 1. The minimum absolute atomic E-state index is 0.309. The van der Waals surface area contributed by atoms with Crippen molar-refractivity contribution >= 4 is 5.78 Å². The number of rotatable bonds is 3. The van der Waals surface area contributed by atoms with Gasteiger partial charge in [-0.2, -0.15) is 0 Å². The Labute approximate surface area is 67.9 Å². The predicted molar refractivity (Wildman–Crippen MR) is 43.5 cm³/mol. The number of hydrogen-bond donors (Lipinski definition) is 0. The maximum Gasteiger partial charge on any atom is 0.136 e. The van der Waals surface area contributed by atoms with Gasteiger partial charge in [-0.25, -0.2) is 0 Å². The molecule has 1 saturated heterocycles. The molecule has 0 atom stereocenters. The molecule has 1 aliphatic rings. The zero-order chi connectivity index (χ0) is 8.10. The molecule has 0 unspecified atom stereocenters. The molecule has 1 fully saturated rings. The molecule has 0 aromatic carbocycles. The third-order valence-electron chi connectivity index (χ3n) is 2.17. The summed E-state index contributed by atoms with van der Waals surface area (Å²) in [5, 5.41) is 0. The van der Waals surface area contributed by atoms with Gasteiger partial charge in [0, 0.05) is 25.6 Å². The van der Waals surface area contributed by atoms with Gasteiger partial charge in [-0.1, -0.05) is 6.92 Å². The van der Waals surface area contributed by atoms with Crippen LogP contribution >= 0.6 is 0 Å². The van der Waals surface area contributed by atoms with E-state index in [0.29, 0.717) is 11.7 Å². The summed E-state index contributed by atoms with van der Waals surface area (Å²) in [4.78, 5) is 11.3. The van der Waals surface area contributed by atoms with Crippen LogP contribution < -0.4 is 0 Å². The highest BCUT2D eigenvalue weighted by molar-refractivity contribution is 5.80. The zero-order valence-electron chi connectivity index (χ0n) is 7.14.